The molecular formula is C11H16N2O3. The number of nitrogens with zero attached hydrogens (tertiary/aromatic N) is 2. The van der Waals surface area contributed by atoms with Crippen molar-refractivity contribution in [3.63, 3.8) is 0 Å². The van der Waals surface area contributed by atoms with Crippen molar-refractivity contribution < 1.29 is 14.3 Å². The second-order valence-corrected chi connectivity index (χ2v) is 4.54. The summed E-state index contributed by atoms with van der Waals surface area (Å²) in [5.41, 5.74) is -0.600. The van der Waals surface area contributed by atoms with Crippen molar-refractivity contribution in [1.29, 1.82) is 0 Å². The third-order valence-corrected chi connectivity index (χ3v) is 1.99. The van der Waals surface area contributed by atoms with Gasteiger partial charge >= 0.3 is 12.1 Å². The summed E-state index contributed by atoms with van der Waals surface area (Å²) in [5, 5.41) is 0. The Labute approximate surface area is 95.3 Å². The molecule has 1 saturated heterocycles. The molecule has 3 amide bonds. The fourth-order valence-electron chi connectivity index (χ4n) is 1.33. The topological polar surface area (TPSA) is 49.9 Å². The van der Waals surface area contributed by atoms with Gasteiger partial charge in [0.15, 0.2) is 0 Å². The molecule has 0 aromatic rings. The Morgan fingerprint density at radius 1 is 1.50 bits per heavy atom. The lowest BCUT2D eigenvalue weighted by molar-refractivity contribution is 0.0348. The van der Waals surface area contributed by atoms with Crippen molar-refractivity contribution in [2.45, 2.75) is 26.4 Å². The minimum atomic E-state index is -0.614. The Hall–Kier alpha value is -1.70. The van der Waals surface area contributed by atoms with Gasteiger partial charge in [-0.15, -0.1) is 6.42 Å². The molecule has 0 atom stereocenters. The predicted octanol–water partition coefficient (Wildman–Crippen LogP) is 1.29. The molecule has 0 bridgehead atoms. The first-order chi connectivity index (χ1) is 7.35. The third-order valence-electron chi connectivity index (χ3n) is 1.99. The van der Waals surface area contributed by atoms with Gasteiger partial charge in [0.25, 0.3) is 0 Å². The standard InChI is InChI=1S/C11H16N2O3/c1-5-6-12-7-8-13(9(12)14)10(15)16-11(2,3)4/h1H,6-8H2,2-4H3. The van der Waals surface area contributed by atoms with E-state index in [1.54, 1.807) is 20.8 Å². The first-order valence-corrected chi connectivity index (χ1v) is 5.08. The Morgan fingerprint density at radius 3 is 2.62 bits per heavy atom. The fourth-order valence-corrected chi connectivity index (χ4v) is 1.33. The minimum absolute atomic E-state index is 0.220. The number of imide groups is 1. The highest BCUT2D eigenvalue weighted by Crippen LogP contribution is 2.14. The van der Waals surface area contributed by atoms with E-state index in [9.17, 15) is 9.59 Å². The number of hydrogen-bond acceptors (Lipinski definition) is 3. The fraction of sp³-hybridized carbons (Fsp3) is 0.636. The lowest BCUT2D eigenvalue weighted by atomic mass is 10.2. The first kappa shape index (κ1) is 12.4. The van der Waals surface area contributed by atoms with Crippen LogP contribution < -0.4 is 0 Å². The molecule has 0 aliphatic carbocycles. The summed E-state index contributed by atoms with van der Waals surface area (Å²) in [7, 11) is 0. The van der Waals surface area contributed by atoms with E-state index in [0.717, 1.165) is 4.90 Å². The average molecular weight is 224 g/mol. The van der Waals surface area contributed by atoms with Crippen molar-refractivity contribution >= 4 is 12.1 Å². The number of urea groups is 1. The molecular weight excluding hydrogens is 208 g/mol. The van der Waals surface area contributed by atoms with Gasteiger partial charge in [-0.05, 0) is 20.8 Å². The summed E-state index contributed by atoms with van der Waals surface area (Å²) in [6.45, 7) is 6.27. The number of carbonyl (C=O) groups is 2. The summed E-state index contributed by atoms with van der Waals surface area (Å²) in [6.07, 6.45) is 4.50. The maximum atomic E-state index is 11.7. The maximum absolute atomic E-state index is 11.7. The molecule has 5 nitrogen and oxygen atoms in total. The van der Waals surface area contributed by atoms with Crippen molar-refractivity contribution in [3.05, 3.63) is 0 Å². The van der Waals surface area contributed by atoms with Gasteiger partial charge < -0.3 is 9.64 Å². The summed E-state index contributed by atoms with van der Waals surface area (Å²) < 4.78 is 5.11. The number of rotatable bonds is 1. The number of ether oxygens (including phenoxy) is 1. The van der Waals surface area contributed by atoms with Crippen LogP contribution >= 0.6 is 0 Å². The molecule has 0 saturated carbocycles. The zero-order valence-corrected chi connectivity index (χ0v) is 9.82. The SMILES string of the molecule is C#CCN1CCN(C(=O)OC(C)(C)C)C1=O. The molecule has 0 aromatic carbocycles. The number of terminal acetylenes is 1. The van der Waals surface area contributed by atoms with E-state index in [-0.39, 0.29) is 12.6 Å². The zero-order chi connectivity index (χ0) is 12.3. The van der Waals surface area contributed by atoms with Gasteiger partial charge in [-0.3, -0.25) is 0 Å². The highest BCUT2D eigenvalue weighted by atomic mass is 16.6. The molecule has 1 fully saturated rings. The molecule has 1 heterocycles. The van der Waals surface area contributed by atoms with E-state index < -0.39 is 11.7 Å². The van der Waals surface area contributed by atoms with Gasteiger partial charge in [0, 0.05) is 6.54 Å². The predicted molar refractivity (Wildman–Crippen MR) is 58.7 cm³/mol. The van der Waals surface area contributed by atoms with E-state index in [2.05, 4.69) is 5.92 Å². The van der Waals surface area contributed by atoms with Gasteiger partial charge in [0.05, 0.1) is 13.1 Å². The van der Waals surface area contributed by atoms with Crippen LogP contribution in [0.1, 0.15) is 20.8 Å². The van der Waals surface area contributed by atoms with Crippen molar-refractivity contribution in [3.8, 4) is 12.3 Å². The third kappa shape index (κ3) is 2.89. The summed E-state index contributed by atoms with van der Waals surface area (Å²) in [4.78, 5) is 25.8. The summed E-state index contributed by atoms with van der Waals surface area (Å²) >= 11 is 0. The van der Waals surface area contributed by atoms with Crippen molar-refractivity contribution in [2.24, 2.45) is 0 Å². The van der Waals surface area contributed by atoms with E-state index >= 15 is 0 Å². The molecule has 0 N–H and O–H groups in total. The second kappa shape index (κ2) is 4.44. The van der Waals surface area contributed by atoms with E-state index in [0.29, 0.717) is 13.1 Å². The number of hydrogen-bond donors (Lipinski definition) is 0. The molecule has 0 unspecified atom stereocenters. The van der Waals surface area contributed by atoms with Crippen LogP contribution in [-0.4, -0.2) is 47.2 Å². The Morgan fingerprint density at radius 2 is 2.12 bits per heavy atom. The maximum Gasteiger partial charge on any atom is 0.418 e. The largest absolute Gasteiger partial charge is 0.443 e. The van der Waals surface area contributed by atoms with Crippen LogP contribution in [0.15, 0.2) is 0 Å². The van der Waals surface area contributed by atoms with Gasteiger partial charge in [-0.25, -0.2) is 14.5 Å². The van der Waals surface area contributed by atoms with Crippen LogP contribution in [0.4, 0.5) is 9.59 Å². The number of amides is 3. The average Bonchev–Trinajstić information content (AvgIpc) is 2.46. The summed E-state index contributed by atoms with van der Waals surface area (Å²) in [6, 6.07) is -0.382. The lowest BCUT2D eigenvalue weighted by Gasteiger charge is -2.23. The van der Waals surface area contributed by atoms with Crippen molar-refractivity contribution in [2.75, 3.05) is 19.6 Å². The highest BCUT2D eigenvalue weighted by molar-refractivity contribution is 5.92. The molecule has 0 radical (unpaired) electrons. The van der Waals surface area contributed by atoms with E-state index in [1.807, 2.05) is 0 Å². The van der Waals surface area contributed by atoms with Gasteiger partial charge in [-0.1, -0.05) is 5.92 Å². The molecule has 88 valence electrons. The summed E-state index contributed by atoms with van der Waals surface area (Å²) in [5.74, 6) is 2.37. The molecule has 1 aliphatic rings. The Bertz CT molecular complexity index is 338. The van der Waals surface area contributed by atoms with Crippen LogP contribution in [0.5, 0.6) is 0 Å². The molecule has 0 spiro atoms. The van der Waals surface area contributed by atoms with Gasteiger partial charge in [-0.2, -0.15) is 0 Å². The lowest BCUT2D eigenvalue weighted by Crippen LogP contribution is -2.40. The second-order valence-electron chi connectivity index (χ2n) is 4.54. The molecule has 0 aromatic heterocycles. The van der Waals surface area contributed by atoms with Crippen LogP contribution in [0.2, 0.25) is 0 Å². The quantitative estimate of drug-likeness (QED) is 0.631. The van der Waals surface area contributed by atoms with E-state index in [4.69, 9.17) is 11.2 Å². The molecule has 5 heteroatoms. The first-order valence-electron chi connectivity index (χ1n) is 5.08. The highest BCUT2D eigenvalue weighted by Gasteiger charge is 2.35. The zero-order valence-electron chi connectivity index (χ0n) is 9.82. The van der Waals surface area contributed by atoms with E-state index in [1.165, 1.54) is 4.90 Å². The van der Waals surface area contributed by atoms with Crippen LogP contribution in [0.25, 0.3) is 0 Å². The monoisotopic (exact) mass is 224 g/mol. The molecule has 1 rings (SSSR count). The normalized spacial score (nSPS) is 16.2. The minimum Gasteiger partial charge on any atom is -0.443 e. The van der Waals surface area contributed by atoms with Crippen LogP contribution in [0, 0.1) is 12.3 Å². The van der Waals surface area contributed by atoms with Gasteiger partial charge in [0.1, 0.15) is 5.60 Å². The smallest absolute Gasteiger partial charge is 0.418 e. The van der Waals surface area contributed by atoms with Crippen LogP contribution in [-0.2, 0) is 4.74 Å². The Kier molecular flexibility index (Phi) is 3.43. The van der Waals surface area contributed by atoms with Crippen molar-refractivity contribution in [1.82, 2.24) is 9.80 Å². The number of carbonyl (C=O) groups excluding carboxylic acids is 2. The Balaban J connectivity index is 2.61. The van der Waals surface area contributed by atoms with Crippen LogP contribution in [0.3, 0.4) is 0 Å². The van der Waals surface area contributed by atoms with Gasteiger partial charge in [0.2, 0.25) is 0 Å². The molecule has 1 aliphatic heterocycles. The molecule has 16 heavy (non-hydrogen) atoms.